The molecule has 0 N–H and O–H groups in total. The van der Waals surface area contributed by atoms with Crippen LogP contribution in [0.2, 0.25) is 0 Å². The number of hydrogen-bond acceptors (Lipinski definition) is 2. The third kappa shape index (κ3) is 11.6. The molecule has 2 aromatic rings. The van der Waals surface area contributed by atoms with Crippen LogP contribution in [0.4, 0.5) is 11.4 Å². The Hall–Kier alpha value is -1.73. The van der Waals surface area contributed by atoms with Crippen molar-refractivity contribution in [3.05, 3.63) is 58.7 Å². The second-order valence-electron chi connectivity index (χ2n) is 9.78. The van der Waals surface area contributed by atoms with E-state index in [4.69, 9.17) is 9.98 Å². The zero-order chi connectivity index (χ0) is 24.1. The number of aryl methyl sites for hydroxylation is 4. The average Bonchev–Trinajstić information content (AvgIpc) is 2.73. The standard InChI is InChI=1S/C31H46N2.Ni/c1-7-9-11-12-13-15-17-31(33-29-22-26(5)19-27(6)23-29)30(16-14-10-8-2)32-28-20-24(3)18-25(4)21-28;/h18-23H,7-17H2,1-6H3;/b32-30+,33-31+;. The van der Waals surface area contributed by atoms with Gasteiger partial charge in [-0.3, -0.25) is 9.98 Å². The molecule has 0 saturated heterocycles. The van der Waals surface area contributed by atoms with E-state index in [9.17, 15) is 0 Å². The topological polar surface area (TPSA) is 24.7 Å². The van der Waals surface area contributed by atoms with Crippen molar-refractivity contribution < 1.29 is 16.5 Å². The Bertz CT molecular complexity index is 887. The molecule has 0 saturated carbocycles. The minimum Gasteiger partial charge on any atom is -0.252 e. The Morgan fingerprint density at radius 3 is 1.24 bits per heavy atom. The second kappa shape index (κ2) is 16.8. The van der Waals surface area contributed by atoms with Crippen molar-refractivity contribution in [2.75, 3.05) is 0 Å². The van der Waals surface area contributed by atoms with Gasteiger partial charge in [0.1, 0.15) is 0 Å². The van der Waals surface area contributed by atoms with Gasteiger partial charge in [-0.2, -0.15) is 0 Å². The molecule has 0 spiro atoms. The first-order valence-electron chi connectivity index (χ1n) is 13.2. The van der Waals surface area contributed by atoms with E-state index in [0.717, 1.165) is 24.2 Å². The predicted octanol–water partition coefficient (Wildman–Crippen LogP) is 10.1. The molecule has 2 nitrogen and oxygen atoms in total. The monoisotopic (exact) mass is 504 g/mol. The number of unbranched alkanes of at least 4 members (excludes halogenated alkanes) is 7. The second-order valence-corrected chi connectivity index (χ2v) is 9.78. The molecule has 0 aliphatic rings. The smallest absolute Gasteiger partial charge is 0.0639 e. The summed E-state index contributed by atoms with van der Waals surface area (Å²) in [4.78, 5) is 10.4. The molecular weight excluding hydrogens is 459 g/mol. The molecule has 2 aromatic carbocycles. The number of nitrogens with zero attached hydrogens (tertiary/aromatic N) is 2. The van der Waals surface area contributed by atoms with E-state index in [1.165, 1.54) is 91.5 Å². The van der Waals surface area contributed by atoms with E-state index in [-0.39, 0.29) is 16.5 Å². The molecule has 0 atom stereocenters. The fourth-order valence-electron chi connectivity index (χ4n) is 4.49. The number of benzene rings is 2. The first-order valence-corrected chi connectivity index (χ1v) is 13.2. The van der Waals surface area contributed by atoms with Crippen molar-refractivity contribution in [3.8, 4) is 0 Å². The van der Waals surface area contributed by atoms with Crippen LogP contribution in [-0.2, 0) is 16.5 Å². The fraction of sp³-hybridized carbons (Fsp3) is 0.548. The third-order valence-corrected chi connectivity index (χ3v) is 6.06. The molecule has 0 aromatic heterocycles. The Balaban J connectivity index is 0.00000578. The quantitative estimate of drug-likeness (QED) is 0.139. The Morgan fingerprint density at radius 1 is 0.500 bits per heavy atom. The molecule has 0 amide bonds. The maximum atomic E-state index is 5.22. The van der Waals surface area contributed by atoms with E-state index in [1.54, 1.807) is 0 Å². The van der Waals surface area contributed by atoms with E-state index in [1.807, 2.05) is 0 Å². The van der Waals surface area contributed by atoms with Gasteiger partial charge in [0, 0.05) is 16.5 Å². The number of rotatable bonds is 14. The van der Waals surface area contributed by atoms with Crippen LogP contribution < -0.4 is 0 Å². The van der Waals surface area contributed by atoms with Gasteiger partial charge < -0.3 is 0 Å². The van der Waals surface area contributed by atoms with Crippen LogP contribution in [0.5, 0.6) is 0 Å². The molecule has 2 rings (SSSR count). The maximum absolute atomic E-state index is 5.22. The van der Waals surface area contributed by atoms with Crippen LogP contribution in [0.3, 0.4) is 0 Å². The Kier molecular flexibility index (Phi) is 15.0. The summed E-state index contributed by atoms with van der Waals surface area (Å²) in [6.07, 6.45) is 13.4. The van der Waals surface area contributed by atoms with Gasteiger partial charge in [-0.15, -0.1) is 0 Å². The van der Waals surface area contributed by atoms with Gasteiger partial charge in [0.05, 0.1) is 22.8 Å². The Labute approximate surface area is 219 Å². The van der Waals surface area contributed by atoms with E-state index in [2.05, 4.69) is 77.9 Å². The van der Waals surface area contributed by atoms with Gasteiger partial charge in [-0.25, -0.2) is 0 Å². The molecule has 0 unspecified atom stereocenters. The molecule has 190 valence electrons. The van der Waals surface area contributed by atoms with Gasteiger partial charge >= 0.3 is 0 Å². The fourth-order valence-corrected chi connectivity index (χ4v) is 4.49. The largest absolute Gasteiger partial charge is 0.252 e. The molecule has 0 heterocycles. The van der Waals surface area contributed by atoms with E-state index < -0.39 is 0 Å². The maximum Gasteiger partial charge on any atom is 0.0639 e. The van der Waals surface area contributed by atoms with Gasteiger partial charge in [-0.05, 0) is 99.9 Å². The van der Waals surface area contributed by atoms with Crippen molar-refractivity contribution in [1.82, 2.24) is 0 Å². The third-order valence-electron chi connectivity index (χ3n) is 6.06. The zero-order valence-corrected chi connectivity index (χ0v) is 23.4. The molecule has 0 aliphatic carbocycles. The van der Waals surface area contributed by atoms with Gasteiger partial charge in [0.25, 0.3) is 0 Å². The summed E-state index contributed by atoms with van der Waals surface area (Å²) in [5.74, 6) is 0. The van der Waals surface area contributed by atoms with Crippen LogP contribution in [0.15, 0.2) is 46.4 Å². The summed E-state index contributed by atoms with van der Waals surface area (Å²) in [7, 11) is 0. The summed E-state index contributed by atoms with van der Waals surface area (Å²) in [5, 5.41) is 0. The van der Waals surface area contributed by atoms with Gasteiger partial charge in [0.15, 0.2) is 0 Å². The molecule has 3 heteroatoms. The normalized spacial score (nSPS) is 12.1. The summed E-state index contributed by atoms with van der Waals surface area (Å²) in [6.45, 7) is 13.2. The summed E-state index contributed by atoms with van der Waals surface area (Å²) in [5.41, 5.74) is 9.58. The van der Waals surface area contributed by atoms with Crippen molar-refractivity contribution in [2.45, 2.75) is 112 Å². The van der Waals surface area contributed by atoms with Crippen molar-refractivity contribution in [3.63, 3.8) is 0 Å². The Morgan fingerprint density at radius 2 is 0.824 bits per heavy atom. The predicted molar refractivity (Wildman–Crippen MR) is 148 cm³/mol. The zero-order valence-electron chi connectivity index (χ0n) is 22.5. The van der Waals surface area contributed by atoms with Crippen LogP contribution in [0.1, 0.15) is 107 Å². The number of hydrogen-bond donors (Lipinski definition) is 0. The molecule has 0 fully saturated rings. The number of aliphatic imine (C=N–C) groups is 2. The minimum absolute atomic E-state index is 0. The molecule has 34 heavy (non-hydrogen) atoms. The van der Waals surface area contributed by atoms with E-state index in [0.29, 0.717) is 0 Å². The van der Waals surface area contributed by atoms with Crippen molar-refractivity contribution in [1.29, 1.82) is 0 Å². The van der Waals surface area contributed by atoms with Crippen LogP contribution >= 0.6 is 0 Å². The minimum atomic E-state index is 0. The van der Waals surface area contributed by atoms with Crippen LogP contribution in [0.25, 0.3) is 0 Å². The van der Waals surface area contributed by atoms with Crippen molar-refractivity contribution in [2.24, 2.45) is 9.98 Å². The van der Waals surface area contributed by atoms with Crippen LogP contribution in [-0.4, -0.2) is 11.4 Å². The van der Waals surface area contributed by atoms with Gasteiger partial charge in [-0.1, -0.05) is 70.9 Å². The van der Waals surface area contributed by atoms with Gasteiger partial charge in [0.2, 0.25) is 0 Å². The van der Waals surface area contributed by atoms with Crippen LogP contribution in [0, 0.1) is 27.7 Å². The van der Waals surface area contributed by atoms with E-state index >= 15 is 0 Å². The first-order chi connectivity index (χ1) is 15.9. The van der Waals surface area contributed by atoms with Crippen molar-refractivity contribution >= 4 is 22.8 Å². The summed E-state index contributed by atoms with van der Waals surface area (Å²) < 4.78 is 0. The molecule has 0 aliphatic heterocycles. The summed E-state index contributed by atoms with van der Waals surface area (Å²) >= 11 is 0. The molecule has 0 bridgehead atoms. The first kappa shape index (κ1) is 30.3. The summed E-state index contributed by atoms with van der Waals surface area (Å²) in [6, 6.07) is 13.2. The molecular formula is C31H46N2Ni. The average molecular weight is 505 g/mol. The molecule has 0 radical (unpaired) electrons. The SMILES string of the molecule is CCCCCCCCC(=N\c1cc(C)cc(C)c1)/C(CCCCC)=N/c1cc(C)cc(C)c1.[Ni].